The van der Waals surface area contributed by atoms with Crippen molar-refractivity contribution in [2.45, 2.75) is 123 Å². The van der Waals surface area contributed by atoms with Gasteiger partial charge in [-0.15, -0.1) is 0 Å². The first-order chi connectivity index (χ1) is 22.5. The van der Waals surface area contributed by atoms with Crippen molar-refractivity contribution in [3.05, 3.63) is 82.9 Å². The Balaban J connectivity index is 1.72. The average Bonchev–Trinajstić information content (AvgIpc) is 3.20. The molecule has 1 aliphatic heterocycles. The number of unbranched alkanes of at least 4 members (excludes halogenated alkanes) is 4. The minimum absolute atomic E-state index is 0.309. The normalized spacial score (nSPS) is 23.3. The summed E-state index contributed by atoms with van der Waals surface area (Å²) in [5.74, 6) is -1.75. The van der Waals surface area contributed by atoms with E-state index >= 15 is 0 Å². The molecule has 0 saturated carbocycles. The minimum Gasteiger partial charge on any atom is -0.379 e. The van der Waals surface area contributed by atoms with Gasteiger partial charge < -0.3 is 28.8 Å². The molecule has 2 aliphatic carbocycles. The maximum absolute atomic E-state index is 12.8. The molecule has 4 rings (SSSR count). The van der Waals surface area contributed by atoms with Crippen LogP contribution in [0.15, 0.2) is 60.7 Å². The molecule has 0 amide bonds. The lowest BCUT2D eigenvalue weighted by molar-refractivity contribution is -0.375. The van der Waals surface area contributed by atoms with Crippen molar-refractivity contribution in [3.63, 3.8) is 0 Å². The zero-order chi connectivity index (χ0) is 32.8. The Bertz CT molecular complexity index is 1260. The van der Waals surface area contributed by atoms with Crippen LogP contribution in [0.3, 0.4) is 0 Å². The second-order valence-electron chi connectivity index (χ2n) is 12.8. The summed E-state index contributed by atoms with van der Waals surface area (Å²) in [6.07, 6.45) is 6.24. The summed E-state index contributed by atoms with van der Waals surface area (Å²) in [7, 11) is 0. The second-order valence-corrected chi connectivity index (χ2v) is 12.8. The highest BCUT2D eigenvalue weighted by atomic mass is 16.7. The highest BCUT2D eigenvalue weighted by Crippen LogP contribution is 2.42. The van der Waals surface area contributed by atoms with Gasteiger partial charge in [-0.2, -0.15) is 0 Å². The quantitative estimate of drug-likeness (QED) is 0.126. The predicted molar refractivity (Wildman–Crippen MR) is 185 cm³/mol. The summed E-state index contributed by atoms with van der Waals surface area (Å²) in [4.78, 5) is 0. The smallest absolute Gasteiger partial charge is 0.222 e. The van der Waals surface area contributed by atoms with E-state index in [1.54, 1.807) is 0 Å². The number of hydrogen-bond donors (Lipinski definition) is 1. The topological polar surface area (TPSA) is 66.4 Å². The van der Waals surface area contributed by atoms with Crippen molar-refractivity contribution in [2.24, 2.45) is 0 Å². The molecule has 3 aliphatic rings. The summed E-state index contributed by atoms with van der Waals surface area (Å²) in [5.41, 5.74) is 6.81. The standard InChI is InChI=1S/C40H58O6/c1-6-10-22-42-29-36-37(43-23-11-7-2)38(44-24-12-8-3)39(45-25-13-9-4)40(41,46-36)33-19-17-18-31(28-33)27-32-26-30(5)34-20-15-14-16-21-35(32)34/h14-21,26,28,36-39,41H,6-13,22-25,27,29H2,1-5H3/t36-,37-,38+,39-,40+/m1/s1. The van der Waals surface area contributed by atoms with Gasteiger partial charge in [0.25, 0.3) is 0 Å². The number of benzene rings is 1. The third kappa shape index (κ3) is 9.40. The van der Waals surface area contributed by atoms with Gasteiger partial charge >= 0.3 is 0 Å². The maximum atomic E-state index is 12.8. The lowest BCUT2D eigenvalue weighted by atomic mass is 9.86. The average molecular weight is 635 g/mol. The predicted octanol–water partition coefficient (Wildman–Crippen LogP) is 8.61. The van der Waals surface area contributed by atoms with E-state index in [4.69, 9.17) is 23.7 Å². The number of hydrogen-bond acceptors (Lipinski definition) is 6. The molecule has 0 unspecified atom stereocenters. The maximum Gasteiger partial charge on any atom is 0.222 e. The molecule has 0 spiro atoms. The third-order valence-electron chi connectivity index (χ3n) is 8.98. The lowest BCUT2D eigenvalue weighted by Gasteiger charge is -2.50. The monoisotopic (exact) mass is 634 g/mol. The number of aryl methyl sites for hydroxylation is 1. The second kappa shape index (κ2) is 18.9. The minimum atomic E-state index is -1.75. The number of rotatable bonds is 20. The third-order valence-corrected chi connectivity index (χ3v) is 8.98. The molecule has 6 nitrogen and oxygen atoms in total. The van der Waals surface area contributed by atoms with Crippen molar-refractivity contribution in [1.82, 2.24) is 0 Å². The van der Waals surface area contributed by atoms with Gasteiger partial charge in [-0.1, -0.05) is 108 Å². The van der Waals surface area contributed by atoms with Crippen molar-refractivity contribution < 1.29 is 28.8 Å². The van der Waals surface area contributed by atoms with E-state index in [9.17, 15) is 5.11 Å². The van der Waals surface area contributed by atoms with Crippen molar-refractivity contribution in [2.75, 3.05) is 33.0 Å². The fourth-order valence-corrected chi connectivity index (χ4v) is 6.31. The van der Waals surface area contributed by atoms with Crippen LogP contribution in [0, 0.1) is 6.92 Å². The number of ether oxygens (including phenoxy) is 5. The zero-order valence-corrected chi connectivity index (χ0v) is 29.0. The fraction of sp³-hybridized carbons (Fsp3) is 0.600. The van der Waals surface area contributed by atoms with Gasteiger partial charge in [-0.25, -0.2) is 0 Å². The highest BCUT2D eigenvalue weighted by molar-refractivity contribution is 5.74. The Morgan fingerprint density at radius 1 is 0.696 bits per heavy atom. The lowest BCUT2D eigenvalue weighted by Crippen LogP contribution is -2.66. The number of fused-ring (bicyclic) bond motifs is 1. The molecule has 254 valence electrons. The van der Waals surface area contributed by atoms with Gasteiger partial charge in [0, 0.05) is 32.0 Å². The Morgan fingerprint density at radius 2 is 1.33 bits per heavy atom. The Kier molecular flexibility index (Phi) is 15.0. The Labute approximate surface area is 278 Å². The van der Waals surface area contributed by atoms with E-state index < -0.39 is 30.2 Å². The van der Waals surface area contributed by atoms with Crippen molar-refractivity contribution in [1.29, 1.82) is 0 Å². The first-order valence-corrected chi connectivity index (χ1v) is 17.9. The van der Waals surface area contributed by atoms with E-state index in [-0.39, 0.29) is 0 Å². The van der Waals surface area contributed by atoms with E-state index in [2.05, 4.69) is 83.1 Å². The van der Waals surface area contributed by atoms with Gasteiger partial charge in [0.1, 0.15) is 24.4 Å². The van der Waals surface area contributed by atoms with Gasteiger partial charge in [-0.3, -0.25) is 0 Å². The summed E-state index contributed by atoms with van der Waals surface area (Å²) in [6.45, 7) is 13.4. The van der Waals surface area contributed by atoms with E-state index in [0.29, 0.717) is 38.6 Å². The molecule has 5 atom stereocenters. The number of aliphatic hydroxyl groups is 1. The summed E-state index contributed by atoms with van der Waals surface area (Å²) < 4.78 is 32.6. The van der Waals surface area contributed by atoms with Crippen molar-refractivity contribution in [3.8, 4) is 11.1 Å². The van der Waals surface area contributed by atoms with Gasteiger partial charge in [0.05, 0.1) is 6.61 Å². The van der Waals surface area contributed by atoms with Crippen LogP contribution in [-0.4, -0.2) is 62.6 Å². The molecule has 0 aromatic heterocycles. The van der Waals surface area contributed by atoms with E-state index in [0.717, 1.165) is 63.4 Å². The van der Waals surface area contributed by atoms with Gasteiger partial charge in [0.2, 0.25) is 5.79 Å². The van der Waals surface area contributed by atoms with E-state index in [1.807, 2.05) is 12.1 Å². The summed E-state index contributed by atoms with van der Waals surface area (Å²) in [5, 5.41) is 12.8. The van der Waals surface area contributed by atoms with Crippen LogP contribution in [0.2, 0.25) is 0 Å². The van der Waals surface area contributed by atoms with Crippen LogP contribution in [-0.2, 0) is 35.9 Å². The van der Waals surface area contributed by atoms with Crippen LogP contribution >= 0.6 is 0 Å². The summed E-state index contributed by atoms with van der Waals surface area (Å²) >= 11 is 0. The largest absolute Gasteiger partial charge is 0.379 e. The molecule has 1 aromatic carbocycles. The SMILES string of the molecule is CCCCOC[C@H]1O[C@@](O)(c2cccc(Cc3cc(C)c4cccccc3-4)c2)[C@H](OCCCC)[C@@H](OCCCC)[C@@H]1OCCCC. The van der Waals surface area contributed by atoms with Crippen LogP contribution in [0.1, 0.15) is 101 Å². The molecule has 6 heteroatoms. The molecule has 46 heavy (non-hydrogen) atoms. The van der Waals surface area contributed by atoms with Crippen LogP contribution in [0.4, 0.5) is 0 Å². The first kappa shape index (κ1) is 36.5. The van der Waals surface area contributed by atoms with Gasteiger partial charge in [-0.05, 0) is 72.9 Å². The molecule has 1 aromatic rings. The molecule has 1 N–H and O–H groups in total. The molecular formula is C40H58O6. The molecule has 1 heterocycles. The fourth-order valence-electron chi connectivity index (χ4n) is 6.31. The molecule has 0 radical (unpaired) electrons. The van der Waals surface area contributed by atoms with Gasteiger partial charge in [0.15, 0.2) is 0 Å². The zero-order valence-electron chi connectivity index (χ0n) is 29.0. The Hall–Kier alpha value is -2.32. The molecular weight excluding hydrogens is 576 g/mol. The van der Waals surface area contributed by atoms with E-state index in [1.165, 1.54) is 22.3 Å². The summed E-state index contributed by atoms with van der Waals surface area (Å²) in [6, 6.07) is 21.1. The Morgan fingerprint density at radius 3 is 2.02 bits per heavy atom. The van der Waals surface area contributed by atoms with Crippen LogP contribution in [0.25, 0.3) is 11.1 Å². The van der Waals surface area contributed by atoms with Crippen molar-refractivity contribution >= 4 is 0 Å². The highest BCUT2D eigenvalue weighted by Gasteiger charge is 2.57. The molecule has 1 fully saturated rings. The van der Waals surface area contributed by atoms with Crippen LogP contribution in [0.5, 0.6) is 0 Å². The molecule has 0 bridgehead atoms. The molecule has 1 saturated heterocycles. The first-order valence-electron chi connectivity index (χ1n) is 17.9. The van der Waals surface area contributed by atoms with Crippen LogP contribution < -0.4 is 0 Å².